The standard InChI is InChI=1S/C22H23N5O/c1-15(2)22(28)27(3)12-11-24-21-20(17-8-6-7-16(13-17)14-23)25-18-9-4-5-10-19(18)26-21/h4-10,13,15H,11-12H2,1-3H3,(H,24,26). The topological polar surface area (TPSA) is 81.9 Å². The molecule has 1 amide bonds. The van der Waals surface area contributed by atoms with Crippen LogP contribution in [0, 0.1) is 17.2 Å². The molecule has 0 atom stereocenters. The van der Waals surface area contributed by atoms with Crippen LogP contribution in [-0.4, -0.2) is 40.9 Å². The van der Waals surface area contributed by atoms with Gasteiger partial charge < -0.3 is 10.2 Å². The normalized spacial score (nSPS) is 10.7. The summed E-state index contributed by atoms with van der Waals surface area (Å²) in [6, 6.07) is 17.2. The van der Waals surface area contributed by atoms with Crippen molar-refractivity contribution >= 4 is 22.8 Å². The Morgan fingerprint density at radius 3 is 2.54 bits per heavy atom. The summed E-state index contributed by atoms with van der Waals surface area (Å²) >= 11 is 0. The van der Waals surface area contributed by atoms with Crippen molar-refractivity contribution in [3.8, 4) is 17.3 Å². The zero-order chi connectivity index (χ0) is 20.1. The fourth-order valence-electron chi connectivity index (χ4n) is 2.95. The van der Waals surface area contributed by atoms with E-state index in [1.54, 1.807) is 24.1 Å². The first-order valence-corrected chi connectivity index (χ1v) is 9.25. The number of rotatable bonds is 6. The number of carbonyl (C=O) groups is 1. The van der Waals surface area contributed by atoms with Crippen molar-refractivity contribution in [3.63, 3.8) is 0 Å². The SMILES string of the molecule is CC(C)C(=O)N(C)CCNc1nc2ccccc2nc1-c1cccc(C#N)c1. The Bertz CT molecular complexity index is 1040. The predicted molar refractivity (Wildman–Crippen MR) is 111 cm³/mol. The van der Waals surface area contributed by atoms with Crippen molar-refractivity contribution in [2.45, 2.75) is 13.8 Å². The van der Waals surface area contributed by atoms with Gasteiger partial charge in [-0.3, -0.25) is 4.79 Å². The molecule has 0 saturated heterocycles. The van der Waals surface area contributed by atoms with Crippen LogP contribution in [0.25, 0.3) is 22.3 Å². The van der Waals surface area contributed by atoms with Crippen LogP contribution in [0.5, 0.6) is 0 Å². The molecule has 0 aliphatic heterocycles. The largest absolute Gasteiger partial charge is 0.366 e. The Balaban J connectivity index is 1.91. The summed E-state index contributed by atoms with van der Waals surface area (Å²) in [4.78, 5) is 23.3. The number of nitriles is 1. The number of para-hydroxylation sites is 2. The minimum atomic E-state index is -0.0326. The third-order valence-electron chi connectivity index (χ3n) is 4.45. The number of anilines is 1. The number of carbonyl (C=O) groups excluding carboxylic acids is 1. The lowest BCUT2D eigenvalue weighted by Crippen LogP contribution is -2.34. The lowest BCUT2D eigenvalue weighted by molar-refractivity contribution is -0.132. The molecule has 28 heavy (non-hydrogen) atoms. The molecule has 6 heteroatoms. The van der Waals surface area contributed by atoms with Crippen molar-refractivity contribution in [3.05, 3.63) is 54.1 Å². The van der Waals surface area contributed by atoms with E-state index in [0.717, 1.165) is 16.6 Å². The van der Waals surface area contributed by atoms with Crippen molar-refractivity contribution in [1.29, 1.82) is 5.26 Å². The summed E-state index contributed by atoms with van der Waals surface area (Å²) in [6.07, 6.45) is 0. The fourth-order valence-corrected chi connectivity index (χ4v) is 2.95. The lowest BCUT2D eigenvalue weighted by Gasteiger charge is -2.20. The van der Waals surface area contributed by atoms with E-state index in [-0.39, 0.29) is 11.8 Å². The van der Waals surface area contributed by atoms with Gasteiger partial charge in [-0.25, -0.2) is 9.97 Å². The van der Waals surface area contributed by atoms with Gasteiger partial charge in [-0.2, -0.15) is 5.26 Å². The van der Waals surface area contributed by atoms with E-state index in [1.165, 1.54) is 0 Å². The number of nitrogens with one attached hydrogen (secondary N) is 1. The number of amides is 1. The van der Waals surface area contributed by atoms with E-state index in [9.17, 15) is 10.1 Å². The first kappa shape index (κ1) is 19.3. The van der Waals surface area contributed by atoms with Crippen LogP contribution in [0.15, 0.2) is 48.5 Å². The van der Waals surface area contributed by atoms with Crippen LogP contribution in [0.1, 0.15) is 19.4 Å². The summed E-state index contributed by atoms with van der Waals surface area (Å²) in [5, 5.41) is 12.5. The first-order chi connectivity index (χ1) is 13.5. The Kier molecular flexibility index (Phi) is 5.85. The van der Waals surface area contributed by atoms with Gasteiger partial charge in [-0.15, -0.1) is 0 Å². The molecule has 1 heterocycles. The molecule has 0 fully saturated rings. The quantitative estimate of drug-likeness (QED) is 0.712. The number of nitrogens with zero attached hydrogens (tertiary/aromatic N) is 4. The number of hydrogen-bond acceptors (Lipinski definition) is 5. The van der Waals surface area contributed by atoms with Crippen LogP contribution in [-0.2, 0) is 4.79 Å². The Hall–Kier alpha value is -3.46. The fraction of sp³-hybridized carbons (Fsp3) is 0.273. The number of benzene rings is 2. The average Bonchev–Trinajstić information content (AvgIpc) is 2.72. The van der Waals surface area contributed by atoms with E-state index in [2.05, 4.69) is 11.4 Å². The molecule has 3 rings (SSSR count). The van der Waals surface area contributed by atoms with Crippen LogP contribution >= 0.6 is 0 Å². The zero-order valence-corrected chi connectivity index (χ0v) is 16.3. The second kappa shape index (κ2) is 8.49. The maximum absolute atomic E-state index is 12.1. The Labute approximate surface area is 164 Å². The summed E-state index contributed by atoms with van der Waals surface area (Å²) in [7, 11) is 1.80. The molecule has 6 nitrogen and oxygen atoms in total. The molecule has 0 spiro atoms. The predicted octanol–water partition coefficient (Wildman–Crippen LogP) is 3.69. The van der Waals surface area contributed by atoms with Crippen LogP contribution in [0.2, 0.25) is 0 Å². The summed E-state index contributed by atoms with van der Waals surface area (Å²) in [5.41, 5.74) is 3.66. The van der Waals surface area contributed by atoms with Gasteiger partial charge in [0.25, 0.3) is 0 Å². The Morgan fingerprint density at radius 2 is 1.86 bits per heavy atom. The van der Waals surface area contributed by atoms with E-state index in [4.69, 9.17) is 9.97 Å². The molecule has 0 aliphatic rings. The second-order valence-electron chi connectivity index (χ2n) is 6.94. The van der Waals surface area contributed by atoms with Crippen LogP contribution in [0.4, 0.5) is 5.82 Å². The molecule has 0 aliphatic carbocycles. The maximum Gasteiger partial charge on any atom is 0.224 e. The zero-order valence-electron chi connectivity index (χ0n) is 16.3. The van der Waals surface area contributed by atoms with Crippen LogP contribution in [0.3, 0.4) is 0 Å². The highest BCUT2D eigenvalue weighted by molar-refractivity contribution is 5.83. The summed E-state index contributed by atoms with van der Waals surface area (Å²) in [5.74, 6) is 0.710. The maximum atomic E-state index is 12.1. The van der Waals surface area contributed by atoms with Gasteiger partial charge in [-0.1, -0.05) is 38.1 Å². The highest BCUT2D eigenvalue weighted by atomic mass is 16.2. The number of fused-ring (bicyclic) bond motifs is 1. The van der Waals surface area contributed by atoms with Crippen molar-refractivity contribution in [1.82, 2.24) is 14.9 Å². The molecular formula is C22H23N5O. The number of aromatic nitrogens is 2. The molecule has 0 saturated carbocycles. The first-order valence-electron chi connectivity index (χ1n) is 9.25. The number of likely N-dealkylation sites (N-methyl/N-ethyl adjacent to an activating group) is 1. The molecule has 0 bridgehead atoms. The van der Waals surface area contributed by atoms with Gasteiger partial charge in [-0.05, 0) is 24.3 Å². The molecule has 1 N–H and O–H groups in total. The van der Waals surface area contributed by atoms with Gasteiger partial charge >= 0.3 is 0 Å². The Morgan fingerprint density at radius 1 is 1.14 bits per heavy atom. The molecule has 0 unspecified atom stereocenters. The highest BCUT2D eigenvalue weighted by Crippen LogP contribution is 2.27. The molecule has 1 aromatic heterocycles. The van der Waals surface area contributed by atoms with Crippen LogP contribution < -0.4 is 5.32 Å². The monoisotopic (exact) mass is 373 g/mol. The van der Waals surface area contributed by atoms with E-state index in [1.807, 2.05) is 50.2 Å². The summed E-state index contributed by atoms with van der Waals surface area (Å²) < 4.78 is 0. The molecule has 3 aromatic rings. The van der Waals surface area contributed by atoms with Gasteiger partial charge in [0.1, 0.15) is 5.69 Å². The summed E-state index contributed by atoms with van der Waals surface area (Å²) in [6.45, 7) is 4.89. The van der Waals surface area contributed by atoms with Crippen molar-refractivity contribution < 1.29 is 4.79 Å². The third-order valence-corrected chi connectivity index (χ3v) is 4.45. The smallest absolute Gasteiger partial charge is 0.224 e. The van der Waals surface area contributed by atoms with Gasteiger partial charge in [0.15, 0.2) is 5.82 Å². The third kappa shape index (κ3) is 4.26. The average molecular weight is 373 g/mol. The molecular weight excluding hydrogens is 350 g/mol. The molecule has 2 aromatic carbocycles. The van der Waals surface area contributed by atoms with Crippen molar-refractivity contribution in [2.24, 2.45) is 5.92 Å². The molecule has 142 valence electrons. The minimum absolute atomic E-state index is 0.0326. The van der Waals surface area contributed by atoms with Crippen molar-refractivity contribution in [2.75, 3.05) is 25.5 Å². The number of hydrogen-bond donors (Lipinski definition) is 1. The van der Waals surface area contributed by atoms with Gasteiger partial charge in [0.2, 0.25) is 5.91 Å². The minimum Gasteiger partial charge on any atom is -0.366 e. The van der Waals surface area contributed by atoms with Gasteiger partial charge in [0, 0.05) is 31.6 Å². The molecule has 0 radical (unpaired) electrons. The second-order valence-corrected chi connectivity index (χ2v) is 6.94. The van der Waals surface area contributed by atoms with E-state index >= 15 is 0 Å². The van der Waals surface area contributed by atoms with E-state index < -0.39 is 0 Å². The highest BCUT2D eigenvalue weighted by Gasteiger charge is 2.14. The van der Waals surface area contributed by atoms with Gasteiger partial charge in [0.05, 0.1) is 22.7 Å². The van der Waals surface area contributed by atoms with E-state index in [0.29, 0.717) is 30.2 Å². The lowest BCUT2D eigenvalue weighted by atomic mass is 10.1.